The number of aliphatic carboxylic acids is 1. The molecule has 3 N–H and O–H groups in total. The number of carbonyl (C=O) groups excluding carboxylic acids is 2. The Hall–Kier alpha value is -3.85. The van der Waals surface area contributed by atoms with Crippen LogP contribution in [0.15, 0.2) is 66.7 Å². The van der Waals surface area contributed by atoms with E-state index in [2.05, 4.69) is 10.6 Å². The molecule has 3 rings (SSSR count). The standard InChI is InChI=1S/C24H18ClF3N2O4/c25-17-9-10-19(23(34)29-18-3-1-2-14(12-18)4-11-21(31)32)20(13-17)30-22(33)15-5-7-16(8-6-15)24(26,27)28/h1-3,5-10,12-13H,4,11H2,(H,29,34)(H,30,33)(H,31,32). The van der Waals surface area contributed by atoms with Crippen LogP contribution < -0.4 is 10.6 Å². The van der Waals surface area contributed by atoms with Crippen molar-refractivity contribution in [1.82, 2.24) is 0 Å². The normalized spacial score (nSPS) is 11.1. The first-order valence-electron chi connectivity index (χ1n) is 9.93. The first-order valence-corrected chi connectivity index (χ1v) is 10.3. The molecule has 0 saturated heterocycles. The number of benzene rings is 3. The van der Waals surface area contributed by atoms with Gasteiger partial charge in [0.1, 0.15) is 0 Å². The highest BCUT2D eigenvalue weighted by Gasteiger charge is 2.30. The Morgan fingerprint density at radius 3 is 2.24 bits per heavy atom. The number of alkyl halides is 3. The largest absolute Gasteiger partial charge is 0.481 e. The van der Waals surface area contributed by atoms with Crippen LogP contribution in [0.5, 0.6) is 0 Å². The van der Waals surface area contributed by atoms with Crippen molar-refractivity contribution in [2.24, 2.45) is 0 Å². The minimum absolute atomic E-state index is 0.0366. The second-order valence-electron chi connectivity index (χ2n) is 7.27. The van der Waals surface area contributed by atoms with Crippen molar-refractivity contribution in [2.75, 3.05) is 10.6 Å². The van der Waals surface area contributed by atoms with E-state index in [1.807, 2.05) is 0 Å². The maximum atomic E-state index is 12.9. The van der Waals surface area contributed by atoms with Crippen molar-refractivity contribution < 1.29 is 32.7 Å². The Morgan fingerprint density at radius 2 is 1.59 bits per heavy atom. The summed E-state index contributed by atoms with van der Waals surface area (Å²) in [6, 6.07) is 14.5. The molecule has 0 heterocycles. The van der Waals surface area contributed by atoms with Gasteiger partial charge in [0.25, 0.3) is 11.8 Å². The monoisotopic (exact) mass is 490 g/mol. The van der Waals surface area contributed by atoms with Crippen molar-refractivity contribution >= 4 is 40.8 Å². The van der Waals surface area contributed by atoms with Gasteiger partial charge in [-0.3, -0.25) is 14.4 Å². The molecule has 176 valence electrons. The minimum atomic E-state index is -4.53. The van der Waals surface area contributed by atoms with Crippen LogP contribution in [0.4, 0.5) is 24.5 Å². The average molecular weight is 491 g/mol. The number of amides is 2. The van der Waals surface area contributed by atoms with Crippen LogP contribution in [0.25, 0.3) is 0 Å². The van der Waals surface area contributed by atoms with Gasteiger partial charge in [0, 0.05) is 22.7 Å². The fourth-order valence-corrected chi connectivity index (χ4v) is 3.25. The number of hydrogen-bond acceptors (Lipinski definition) is 3. The molecule has 0 unspecified atom stereocenters. The van der Waals surface area contributed by atoms with Crippen molar-refractivity contribution in [3.05, 3.63) is 94.0 Å². The number of anilines is 2. The predicted molar refractivity (Wildman–Crippen MR) is 121 cm³/mol. The number of carbonyl (C=O) groups is 3. The molecule has 3 aromatic carbocycles. The summed E-state index contributed by atoms with van der Waals surface area (Å²) in [5.74, 6) is -2.24. The molecule has 0 atom stereocenters. The molecule has 0 fully saturated rings. The summed E-state index contributed by atoms with van der Waals surface area (Å²) in [6.45, 7) is 0. The lowest BCUT2D eigenvalue weighted by Crippen LogP contribution is -2.18. The van der Waals surface area contributed by atoms with E-state index in [-0.39, 0.29) is 34.7 Å². The van der Waals surface area contributed by atoms with Gasteiger partial charge < -0.3 is 15.7 Å². The van der Waals surface area contributed by atoms with Gasteiger partial charge in [0.15, 0.2) is 0 Å². The third-order valence-electron chi connectivity index (χ3n) is 4.76. The molecule has 3 aromatic rings. The number of hydrogen-bond donors (Lipinski definition) is 3. The Balaban J connectivity index is 1.78. The first-order chi connectivity index (χ1) is 16.0. The second kappa shape index (κ2) is 10.4. The third kappa shape index (κ3) is 6.58. The molecule has 0 spiro atoms. The van der Waals surface area contributed by atoms with Gasteiger partial charge >= 0.3 is 12.1 Å². The molecule has 0 aliphatic carbocycles. The Morgan fingerprint density at radius 1 is 0.882 bits per heavy atom. The van der Waals surface area contributed by atoms with Crippen LogP contribution in [0.1, 0.15) is 38.3 Å². The Labute approximate surface area is 197 Å². The molecular formula is C24H18ClF3N2O4. The zero-order valence-corrected chi connectivity index (χ0v) is 18.2. The van der Waals surface area contributed by atoms with Crippen molar-refractivity contribution in [3.63, 3.8) is 0 Å². The van der Waals surface area contributed by atoms with E-state index >= 15 is 0 Å². The Kier molecular flexibility index (Phi) is 7.57. The minimum Gasteiger partial charge on any atom is -0.481 e. The van der Waals surface area contributed by atoms with Crippen LogP contribution >= 0.6 is 11.6 Å². The van der Waals surface area contributed by atoms with Gasteiger partial charge in [0.2, 0.25) is 0 Å². The van der Waals surface area contributed by atoms with E-state index in [0.717, 1.165) is 24.3 Å². The number of rotatable bonds is 7. The van der Waals surface area contributed by atoms with E-state index in [4.69, 9.17) is 16.7 Å². The van der Waals surface area contributed by atoms with Crippen LogP contribution in [0.2, 0.25) is 5.02 Å². The van der Waals surface area contributed by atoms with E-state index in [1.54, 1.807) is 24.3 Å². The number of carboxylic acids is 1. The molecule has 10 heteroatoms. The smallest absolute Gasteiger partial charge is 0.416 e. The lowest BCUT2D eigenvalue weighted by molar-refractivity contribution is -0.138. The van der Waals surface area contributed by atoms with Crippen LogP contribution in [-0.2, 0) is 17.4 Å². The highest BCUT2D eigenvalue weighted by atomic mass is 35.5. The zero-order chi connectivity index (χ0) is 24.9. The zero-order valence-electron chi connectivity index (χ0n) is 17.4. The second-order valence-corrected chi connectivity index (χ2v) is 7.70. The third-order valence-corrected chi connectivity index (χ3v) is 5.00. The molecule has 0 saturated carbocycles. The molecular weight excluding hydrogens is 473 g/mol. The van der Waals surface area contributed by atoms with E-state index < -0.39 is 29.5 Å². The summed E-state index contributed by atoms with van der Waals surface area (Å²) in [5.41, 5.74) is 0.343. The molecule has 34 heavy (non-hydrogen) atoms. The summed E-state index contributed by atoms with van der Waals surface area (Å²) in [6.07, 6.45) is -4.30. The first kappa shape index (κ1) is 24.8. The lowest BCUT2D eigenvalue weighted by Gasteiger charge is -2.13. The van der Waals surface area contributed by atoms with Gasteiger partial charge in [0.05, 0.1) is 16.8 Å². The topological polar surface area (TPSA) is 95.5 Å². The van der Waals surface area contributed by atoms with E-state index in [9.17, 15) is 27.6 Å². The van der Waals surface area contributed by atoms with Gasteiger partial charge in [-0.25, -0.2) is 0 Å². The summed E-state index contributed by atoms with van der Waals surface area (Å²) >= 11 is 6.01. The summed E-state index contributed by atoms with van der Waals surface area (Å²) in [7, 11) is 0. The predicted octanol–water partition coefficient (Wildman–Crippen LogP) is 5.88. The maximum absolute atomic E-state index is 12.9. The number of carboxylic acid groups (broad SMARTS) is 1. The summed E-state index contributed by atoms with van der Waals surface area (Å²) in [4.78, 5) is 36.2. The van der Waals surface area contributed by atoms with Gasteiger partial charge in [-0.05, 0) is 66.6 Å². The van der Waals surface area contributed by atoms with Crippen molar-refractivity contribution in [3.8, 4) is 0 Å². The quantitative estimate of drug-likeness (QED) is 0.385. The average Bonchev–Trinajstić information content (AvgIpc) is 2.77. The Bertz CT molecular complexity index is 1230. The SMILES string of the molecule is O=C(O)CCc1cccc(NC(=O)c2ccc(Cl)cc2NC(=O)c2ccc(C(F)(F)F)cc2)c1. The highest BCUT2D eigenvalue weighted by molar-refractivity contribution is 6.31. The summed E-state index contributed by atoms with van der Waals surface area (Å²) < 4.78 is 38.3. The maximum Gasteiger partial charge on any atom is 0.416 e. The van der Waals surface area contributed by atoms with Crippen LogP contribution in [0, 0.1) is 0 Å². The fourth-order valence-electron chi connectivity index (χ4n) is 3.08. The molecule has 0 aliphatic heterocycles. The fraction of sp³-hybridized carbons (Fsp3) is 0.125. The van der Waals surface area contributed by atoms with E-state index in [1.165, 1.54) is 18.2 Å². The van der Waals surface area contributed by atoms with E-state index in [0.29, 0.717) is 11.3 Å². The van der Waals surface area contributed by atoms with Gasteiger partial charge in [-0.1, -0.05) is 23.7 Å². The number of aryl methyl sites for hydroxylation is 1. The van der Waals surface area contributed by atoms with Gasteiger partial charge in [-0.2, -0.15) is 13.2 Å². The van der Waals surface area contributed by atoms with Crippen LogP contribution in [-0.4, -0.2) is 22.9 Å². The van der Waals surface area contributed by atoms with Crippen molar-refractivity contribution in [1.29, 1.82) is 0 Å². The van der Waals surface area contributed by atoms with Crippen LogP contribution in [0.3, 0.4) is 0 Å². The number of nitrogens with one attached hydrogen (secondary N) is 2. The number of halogens is 4. The lowest BCUT2D eigenvalue weighted by atomic mass is 10.1. The highest BCUT2D eigenvalue weighted by Crippen LogP contribution is 2.29. The summed E-state index contributed by atoms with van der Waals surface area (Å²) in [5, 5.41) is 14.2. The molecule has 0 radical (unpaired) electrons. The molecule has 0 bridgehead atoms. The van der Waals surface area contributed by atoms with Crippen molar-refractivity contribution in [2.45, 2.75) is 19.0 Å². The molecule has 6 nitrogen and oxygen atoms in total. The molecule has 0 aliphatic rings. The molecule has 2 amide bonds. The molecule has 0 aromatic heterocycles. The van der Waals surface area contributed by atoms with Gasteiger partial charge in [-0.15, -0.1) is 0 Å².